The maximum atomic E-state index is 11.3. The molecule has 0 saturated carbocycles. The Kier molecular flexibility index (Phi) is 4.39. The number of ether oxygens (including phenoxy) is 3. The van der Waals surface area contributed by atoms with Crippen molar-refractivity contribution in [2.75, 3.05) is 13.7 Å². The number of cyclic esters (lactones) is 1. The summed E-state index contributed by atoms with van der Waals surface area (Å²) < 4.78 is 14.9. The number of aryl methyl sites for hydroxylation is 1. The molecular formula is C14H16O5. The molecule has 1 aromatic carbocycles. The van der Waals surface area contributed by atoms with Crippen molar-refractivity contribution in [2.45, 2.75) is 25.4 Å². The van der Waals surface area contributed by atoms with Gasteiger partial charge < -0.3 is 14.2 Å². The van der Waals surface area contributed by atoms with Crippen LogP contribution in [0.2, 0.25) is 0 Å². The van der Waals surface area contributed by atoms with Crippen molar-refractivity contribution in [2.24, 2.45) is 0 Å². The van der Waals surface area contributed by atoms with E-state index >= 15 is 0 Å². The van der Waals surface area contributed by atoms with Crippen LogP contribution in [0.1, 0.15) is 18.4 Å². The molecule has 1 saturated heterocycles. The van der Waals surface area contributed by atoms with E-state index in [9.17, 15) is 9.59 Å². The lowest BCUT2D eigenvalue weighted by Gasteiger charge is -2.10. The van der Waals surface area contributed by atoms with Gasteiger partial charge in [-0.3, -0.25) is 4.79 Å². The van der Waals surface area contributed by atoms with Crippen molar-refractivity contribution >= 4 is 11.9 Å². The smallest absolute Gasteiger partial charge is 0.347 e. The van der Waals surface area contributed by atoms with Gasteiger partial charge in [0.15, 0.2) is 6.10 Å². The number of hydrogen-bond acceptors (Lipinski definition) is 5. The maximum Gasteiger partial charge on any atom is 0.347 e. The second kappa shape index (κ2) is 6.22. The molecule has 5 heteroatoms. The molecule has 1 atom stereocenters. The van der Waals surface area contributed by atoms with E-state index in [-0.39, 0.29) is 11.9 Å². The summed E-state index contributed by atoms with van der Waals surface area (Å²) in [7, 11) is 1.37. The summed E-state index contributed by atoms with van der Waals surface area (Å²) in [5, 5.41) is 0. The van der Waals surface area contributed by atoms with E-state index < -0.39 is 6.10 Å². The van der Waals surface area contributed by atoms with E-state index in [0.717, 1.165) is 5.56 Å². The van der Waals surface area contributed by atoms with Crippen LogP contribution in [-0.4, -0.2) is 31.8 Å². The Balaban J connectivity index is 1.87. The fourth-order valence-electron chi connectivity index (χ4n) is 1.83. The van der Waals surface area contributed by atoms with E-state index in [1.54, 1.807) is 12.1 Å². The standard InChI is InChI=1S/C14H16O5/c1-17-13(15)7-4-10-2-5-11(6-3-10)19-12-8-9-18-14(12)16/h2-3,5-6,12H,4,7-9H2,1H3. The minimum absolute atomic E-state index is 0.228. The second-order valence-corrected chi connectivity index (χ2v) is 4.28. The molecule has 0 amide bonds. The Hall–Kier alpha value is -2.04. The molecule has 1 unspecified atom stereocenters. The lowest BCUT2D eigenvalue weighted by Crippen LogP contribution is -2.21. The molecule has 1 aliphatic heterocycles. The minimum Gasteiger partial charge on any atom is -0.479 e. The lowest BCUT2D eigenvalue weighted by atomic mass is 10.1. The van der Waals surface area contributed by atoms with Gasteiger partial charge in [0.2, 0.25) is 0 Å². The Morgan fingerprint density at radius 3 is 2.68 bits per heavy atom. The van der Waals surface area contributed by atoms with Crippen LogP contribution in [0, 0.1) is 0 Å². The quantitative estimate of drug-likeness (QED) is 0.754. The Morgan fingerprint density at radius 2 is 2.11 bits per heavy atom. The zero-order valence-electron chi connectivity index (χ0n) is 10.8. The molecule has 1 aliphatic rings. The van der Waals surface area contributed by atoms with Gasteiger partial charge in [0, 0.05) is 12.8 Å². The lowest BCUT2D eigenvalue weighted by molar-refractivity contribution is -0.143. The van der Waals surface area contributed by atoms with Crippen molar-refractivity contribution in [1.29, 1.82) is 0 Å². The van der Waals surface area contributed by atoms with Crippen LogP contribution in [0.4, 0.5) is 0 Å². The molecule has 0 N–H and O–H groups in total. The molecule has 0 radical (unpaired) electrons. The Bertz CT molecular complexity index is 451. The molecule has 1 heterocycles. The molecule has 1 fully saturated rings. The largest absolute Gasteiger partial charge is 0.479 e. The van der Waals surface area contributed by atoms with Crippen LogP contribution in [-0.2, 0) is 25.5 Å². The molecule has 5 nitrogen and oxygen atoms in total. The van der Waals surface area contributed by atoms with E-state index in [0.29, 0.717) is 31.6 Å². The fourth-order valence-corrected chi connectivity index (χ4v) is 1.83. The first-order valence-corrected chi connectivity index (χ1v) is 6.18. The predicted octanol–water partition coefficient (Wildman–Crippen LogP) is 1.49. The summed E-state index contributed by atoms with van der Waals surface area (Å²) in [6.45, 7) is 0.417. The number of rotatable bonds is 5. The second-order valence-electron chi connectivity index (χ2n) is 4.28. The first-order valence-electron chi connectivity index (χ1n) is 6.18. The molecule has 0 aliphatic carbocycles. The zero-order valence-corrected chi connectivity index (χ0v) is 10.8. The molecule has 19 heavy (non-hydrogen) atoms. The number of carbonyl (C=O) groups is 2. The molecular weight excluding hydrogens is 248 g/mol. The van der Waals surface area contributed by atoms with Crippen molar-refractivity contribution in [1.82, 2.24) is 0 Å². The third kappa shape index (κ3) is 3.71. The Labute approximate surface area is 111 Å². The van der Waals surface area contributed by atoms with Gasteiger partial charge in [-0.25, -0.2) is 4.79 Å². The predicted molar refractivity (Wildman–Crippen MR) is 66.8 cm³/mol. The van der Waals surface area contributed by atoms with Crippen LogP contribution in [0.5, 0.6) is 5.75 Å². The van der Waals surface area contributed by atoms with E-state index in [4.69, 9.17) is 9.47 Å². The fraction of sp³-hybridized carbons (Fsp3) is 0.429. The summed E-state index contributed by atoms with van der Waals surface area (Å²) in [6.07, 6.45) is 1.06. The number of methoxy groups -OCH3 is 1. The first-order chi connectivity index (χ1) is 9.19. The molecule has 0 spiro atoms. The van der Waals surface area contributed by atoms with Gasteiger partial charge in [-0.05, 0) is 24.1 Å². The van der Waals surface area contributed by atoms with Gasteiger partial charge in [0.25, 0.3) is 0 Å². The van der Waals surface area contributed by atoms with E-state index in [1.165, 1.54) is 7.11 Å². The number of carbonyl (C=O) groups excluding carboxylic acids is 2. The van der Waals surface area contributed by atoms with Crippen LogP contribution < -0.4 is 4.74 Å². The van der Waals surface area contributed by atoms with Gasteiger partial charge in [0.1, 0.15) is 5.75 Å². The highest BCUT2D eigenvalue weighted by Crippen LogP contribution is 2.19. The molecule has 0 bridgehead atoms. The Morgan fingerprint density at radius 1 is 1.37 bits per heavy atom. The van der Waals surface area contributed by atoms with Gasteiger partial charge in [-0.2, -0.15) is 0 Å². The highest BCUT2D eigenvalue weighted by atomic mass is 16.6. The van der Waals surface area contributed by atoms with E-state index in [2.05, 4.69) is 4.74 Å². The third-order valence-corrected chi connectivity index (χ3v) is 2.93. The van der Waals surface area contributed by atoms with Gasteiger partial charge in [0.05, 0.1) is 13.7 Å². The molecule has 2 rings (SSSR count). The highest BCUT2D eigenvalue weighted by Gasteiger charge is 2.28. The molecule has 102 valence electrons. The van der Waals surface area contributed by atoms with Gasteiger partial charge in [-0.1, -0.05) is 12.1 Å². The third-order valence-electron chi connectivity index (χ3n) is 2.93. The van der Waals surface area contributed by atoms with Crippen LogP contribution in [0.3, 0.4) is 0 Å². The first kappa shape index (κ1) is 13.4. The average Bonchev–Trinajstić information content (AvgIpc) is 2.83. The molecule has 0 aromatic heterocycles. The summed E-state index contributed by atoms with van der Waals surface area (Å²) in [6, 6.07) is 7.33. The number of esters is 2. The number of benzene rings is 1. The topological polar surface area (TPSA) is 61.8 Å². The van der Waals surface area contributed by atoms with Gasteiger partial charge in [-0.15, -0.1) is 0 Å². The van der Waals surface area contributed by atoms with Crippen LogP contribution in [0.15, 0.2) is 24.3 Å². The zero-order chi connectivity index (χ0) is 13.7. The maximum absolute atomic E-state index is 11.3. The van der Waals surface area contributed by atoms with E-state index in [1.807, 2.05) is 12.1 Å². The van der Waals surface area contributed by atoms with Crippen molar-refractivity contribution in [3.8, 4) is 5.75 Å². The average molecular weight is 264 g/mol. The summed E-state index contributed by atoms with van der Waals surface area (Å²) in [5.74, 6) is 0.0921. The highest BCUT2D eigenvalue weighted by molar-refractivity contribution is 5.76. The van der Waals surface area contributed by atoms with Crippen LogP contribution >= 0.6 is 0 Å². The normalized spacial score (nSPS) is 17.9. The molecule has 1 aromatic rings. The monoisotopic (exact) mass is 264 g/mol. The SMILES string of the molecule is COC(=O)CCc1ccc(OC2CCOC2=O)cc1. The summed E-state index contributed by atoms with van der Waals surface area (Å²) in [5.41, 5.74) is 1.02. The van der Waals surface area contributed by atoms with Crippen molar-refractivity contribution < 1.29 is 23.8 Å². The number of hydrogen-bond donors (Lipinski definition) is 0. The van der Waals surface area contributed by atoms with Crippen molar-refractivity contribution in [3.05, 3.63) is 29.8 Å². The summed E-state index contributed by atoms with van der Waals surface area (Å²) in [4.78, 5) is 22.3. The van der Waals surface area contributed by atoms with Crippen molar-refractivity contribution in [3.63, 3.8) is 0 Å². The van der Waals surface area contributed by atoms with Gasteiger partial charge >= 0.3 is 11.9 Å². The summed E-state index contributed by atoms with van der Waals surface area (Å²) >= 11 is 0. The van der Waals surface area contributed by atoms with Crippen LogP contribution in [0.25, 0.3) is 0 Å². The minimum atomic E-state index is -0.499.